The van der Waals surface area contributed by atoms with E-state index in [-0.39, 0.29) is 0 Å². The Morgan fingerprint density at radius 1 is 0.469 bits per heavy atom. The molecule has 64 heavy (non-hydrogen) atoms. The average molecular weight is 1040 g/mol. The zero-order valence-electron chi connectivity index (χ0n) is 32.2. The van der Waals surface area contributed by atoms with Crippen molar-refractivity contribution in [2.75, 3.05) is 65.9 Å². The van der Waals surface area contributed by atoms with Gasteiger partial charge in [0.25, 0.3) is 0 Å². The van der Waals surface area contributed by atoms with Gasteiger partial charge >= 0.3 is 77.5 Å². The van der Waals surface area contributed by atoms with E-state index < -0.39 is 177 Å². The summed E-state index contributed by atoms with van der Waals surface area (Å²) >= 11 is -0.810. The van der Waals surface area contributed by atoms with Gasteiger partial charge in [-0.2, -0.15) is 114 Å². The lowest BCUT2D eigenvalue weighted by molar-refractivity contribution is -0.906. The molecule has 0 fully saturated rings. The van der Waals surface area contributed by atoms with Crippen molar-refractivity contribution in [3.8, 4) is 0 Å². The molecule has 0 aliphatic rings. The van der Waals surface area contributed by atoms with Gasteiger partial charge in [-0.3, -0.25) is 9.59 Å². The van der Waals surface area contributed by atoms with Crippen LogP contribution in [0.4, 0.5) is 114 Å². The predicted molar refractivity (Wildman–Crippen MR) is 170 cm³/mol. The smallest absolute Gasteiger partial charge is 0.447 e. The van der Waals surface area contributed by atoms with Crippen molar-refractivity contribution >= 4 is 39.7 Å². The Bertz CT molecular complexity index is 1550. The molecule has 0 aliphatic heterocycles. The molecule has 0 aromatic heterocycles. The molecule has 6 nitrogen and oxygen atoms in total. The highest BCUT2D eigenvalue weighted by Gasteiger charge is 2.92. The molecule has 0 rings (SSSR count). The first-order valence-electron chi connectivity index (χ1n) is 16.4. The van der Waals surface area contributed by atoms with E-state index in [1.165, 1.54) is 0 Å². The SMILES string of the molecule is C=CC(=O)OC(C[N+](C)(C)CC(=O)SCCC(F)(F)C(F)(F)C(F)(F)C(F)(F)C(F)(F)C(F)(F)F)C[N+](C)(C)CC(=O)SCCC(F)(F)C(F)(F)C(F)(F)C(F)(F)C(F)(F)C(F)(F)F. The van der Waals surface area contributed by atoms with Gasteiger partial charge in [0.2, 0.25) is 10.2 Å². The van der Waals surface area contributed by atoms with Gasteiger partial charge in [-0.25, -0.2) is 4.79 Å². The fourth-order valence-electron chi connectivity index (χ4n) is 4.87. The summed E-state index contributed by atoms with van der Waals surface area (Å²) in [5.74, 6) is -81.2. The Morgan fingerprint density at radius 2 is 0.719 bits per heavy atom. The Balaban J connectivity index is 5.87. The van der Waals surface area contributed by atoms with E-state index in [1.807, 2.05) is 0 Å². The molecule has 0 aromatic rings. The standard InChI is InChI=1S/C30H32F26N2O4S2/c1-6-16(59)62-15(11-57(2,3)13-17(60)63-9-7-19(31,32)21(35,36)23(39,40)25(43,44)27(47,48)29(51,52)53)12-58(4,5)14-18(61)64-10-8-20(33,34)22(37,38)24(41,42)26(45,46)28(49,50)30(54,55)56/h6,15H,1,7-14H2,2-5H3/q+2. The number of likely N-dealkylation sites (N-methyl/N-ethyl adjacent to an activating group) is 2. The summed E-state index contributed by atoms with van der Waals surface area (Å²) in [6, 6.07) is 0. The van der Waals surface area contributed by atoms with Crippen LogP contribution < -0.4 is 0 Å². The molecule has 0 bridgehead atoms. The number of nitrogens with zero attached hydrogens (tertiary/aromatic N) is 2. The number of esters is 1. The number of rotatable bonds is 24. The first-order chi connectivity index (χ1) is 27.7. The summed E-state index contributed by atoms with van der Waals surface area (Å²) < 4.78 is 351. The van der Waals surface area contributed by atoms with Crippen LogP contribution in [-0.2, 0) is 19.1 Å². The number of ether oxygens (including phenoxy) is 1. The van der Waals surface area contributed by atoms with Crippen LogP contribution in [0.2, 0.25) is 0 Å². The lowest BCUT2D eigenvalue weighted by Gasteiger charge is -2.39. The van der Waals surface area contributed by atoms with Crippen LogP contribution in [0, 0.1) is 0 Å². The average Bonchev–Trinajstić information content (AvgIpc) is 3.05. The van der Waals surface area contributed by atoms with Gasteiger partial charge in [0.15, 0.2) is 6.10 Å². The third-order valence-electron chi connectivity index (χ3n) is 8.31. The van der Waals surface area contributed by atoms with Gasteiger partial charge in [-0.1, -0.05) is 30.1 Å². The second-order valence-electron chi connectivity index (χ2n) is 14.8. The normalized spacial score (nSPS) is 15.4. The number of carbonyl (C=O) groups is 3. The minimum Gasteiger partial charge on any atom is -0.447 e. The van der Waals surface area contributed by atoms with Crippen molar-refractivity contribution in [3.05, 3.63) is 12.7 Å². The molecule has 0 radical (unpaired) electrons. The van der Waals surface area contributed by atoms with E-state index in [9.17, 15) is 129 Å². The molecular weight excluding hydrogens is 1010 g/mol. The molecule has 0 heterocycles. The van der Waals surface area contributed by atoms with Crippen molar-refractivity contribution < 1.29 is 142 Å². The lowest BCUT2D eigenvalue weighted by Crippen LogP contribution is -2.70. The minimum atomic E-state index is -8.15. The van der Waals surface area contributed by atoms with E-state index in [2.05, 4.69) is 6.58 Å². The van der Waals surface area contributed by atoms with Gasteiger partial charge in [0.05, 0.1) is 28.2 Å². The number of hydrogen-bond acceptors (Lipinski definition) is 6. The maximum absolute atomic E-state index is 14.1. The molecule has 0 amide bonds. The molecule has 0 spiro atoms. The van der Waals surface area contributed by atoms with Crippen LogP contribution in [-0.4, -0.2) is 169 Å². The van der Waals surface area contributed by atoms with Crippen molar-refractivity contribution in [1.29, 1.82) is 0 Å². The Morgan fingerprint density at radius 3 is 0.953 bits per heavy atom. The van der Waals surface area contributed by atoms with E-state index in [4.69, 9.17) is 4.74 Å². The van der Waals surface area contributed by atoms with Crippen molar-refractivity contribution in [2.45, 2.75) is 90.5 Å². The molecule has 0 unspecified atom stereocenters. The summed E-state index contributed by atoms with van der Waals surface area (Å²) in [5.41, 5.74) is 0. The largest absolute Gasteiger partial charge is 0.460 e. The van der Waals surface area contributed by atoms with Crippen LogP contribution >= 0.6 is 23.5 Å². The highest BCUT2D eigenvalue weighted by atomic mass is 32.2. The topological polar surface area (TPSA) is 60.4 Å². The molecule has 0 saturated heterocycles. The summed E-state index contributed by atoms with van der Waals surface area (Å²) in [7, 11) is 4.33. The van der Waals surface area contributed by atoms with Gasteiger partial charge in [0, 0.05) is 30.4 Å². The quantitative estimate of drug-likeness (QED) is 0.0416. The van der Waals surface area contributed by atoms with Crippen LogP contribution in [0.15, 0.2) is 12.7 Å². The summed E-state index contributed by atoms with van der Waals surface area (Å²) in [4.78, 5) is 37.0. The monoisotopic (exact) mass is 1040 g/mol. The molecule has 34 heteroatoms. The van der Waals surface area contributed by atoms with Crippen LogP contribution in [0.1, 0.15) is 12.8 Å². The second-order valence-corrected chi connectivity index (χ2v) is 17.1. The highest BCUT2D eigenvalue weighted by molar-refractivity contribution is 8.13. The molecule has 0 aromatic carbocycles. The fourth-order valence-corrected chi connectivity index (χ4v) is 6.92. The number of halogens is 26. The van der Waals surface area contributed by atoms with Gasteiger partial charge in [-0.15, -0.1) is 0 Å². The van der Waals surface area contributed by atoms with Crippen molar-refractivity contribution in [3.63, 3.8) is 0 Å². The Kier molecular flexibility index (Phi) is 18.4. The Labute approximate surface area is 351 Å². The van der Waals surface area contributed by atoms with Gasteiger partial charge in [-0.05, 0) is 0 Å². The lowest BCUT2D eigenvalue weighted by atomic mass is 9.93. The van der Waals surface area contributed by atoms with Crippen molar-refractivity contribution in [2.24, 2.45) is 0 Å². The molecule has 0 N–H and O–H groups in total. The third-order valence-corrected chi connectivity index (χ3v) is 10.0. The van der Waals surface area contributed by atoms with E-state index in [1.54, 1.807) is 0 Å². The number of carbonyl (C=O) groups excluding carboxylic acids is 3. The maximum atomic E-state index is 14.1. The highest BCUT2D eigenvalue weighted by Crippen LogP contribution is 2.62. The second kappa shape index (κ2) is 19.2. The number of alkyl halides is 26. The van der Waals surface area contributed by atoms with E-state index in [0.29, 0.717) is 6.08 Å². The first kappa shape index (κ1) is 61.4. The van der Waals surface area contributed by atoms with Crippen molar-refractivity contribution in [1.82, 2.24) is 0 Å². The van der Waals surface area contributed by atoms with Crippen LogP contribution in [0.25, 0.3) is 0 Å². The molecular formula is C30H32F26N2O4S2+2. The summed E-state index contributed by atoms with van der Waals surface area (Å²) in [5, 5.41) is -2.67. The zero-order valence-corrected chi connectivity index (χ0v) is 33.8. The molecule has 0 saturated carbocycles. The zero-order chi connectivity index (χ0) is 51.8. The van der Waals surface area contributed by atoms with Gasteiger partial charge in [0.1, 0.15) is 26.2 Å². The number of hydrogen-bond donors (Lipinski definition) is 0. The number of quaternary nitrogens is 2. The maximum Gasteiger partial charge on any atom is 0.460 e. The molecule has 0 atom stereocenters. The minimum absolute atomic E-state index is 0.405. The third kappa shape index (κ3) is 12.5. The van der Waals surface area contributed by atoms with E-state index >= 15 is 0 Å². The van der Waals surface area contributed by atoms with Crippen LogP contribution in [0.3, 0.4) is 0 Å². The Hall–Kier alpha value is -2.65. The molecule has 0 aliphatic carbocycles. The fraction of sp³-hybridized carbons (Fsp3) is 0.833. The van der Waals surface area contributed by atoms with Crippen LogP contribution in [0.5, 0.6) is 0 Å². The number of thioether (sulfide) groups is 2. The summed E-state index contributed by atoms with van der Waals surface area (Å²) in [6.45, 7) is -0.0321. The predicted octanol–water partition coefficient (Wildman–Crippen LogP) is 10.0. The molecule has 378 valence electrons. The first-order valence-corrected chi connectivity index (χ1v) is 18.4. The van der Waals surface area contributed by atoms with Gasteiger partial charge < -0.3 is 13.7 Å². The summed E-state index contributed by atoms with van der Waals surface area (Å²) in [6.07, 6.45) is -21.7. The van der Waals surface area contributed by atoms with E-state index in [0.717, 1.165) is 28.2 Å².